The second kappa shape index (κ2) is 15.6. The van der Waals surface area contributed by atoms with E-state index in [2.05, 4.69) is 42.1 Å². The summed E-state index contributed by atoms with van der Waals surface area (Å²) in [5.41, 5.74) is 0. The van der Waals surface area contributed by atoms with Crippen molar-refractivity contribution < 1.29 is 4.79 Å². The molecule has 0 heterocycles. The first-order chi connectivity index (χ1) is 14.2. The molecule has 0 radical (unpaired) electrons. The van der Waals surface area contributed by atoms with Crippen LogP contribution in [0.2, 0.25) is 0 Å². The van der Waals surface area contributed by atoms with Crippen LogP contribution in [0.25, 0.3) is 0 Å². The van der Waals surface area contributed by atoms with Crippen molar-refractivity contribution in [2.75, 3.05) is 0 Å². The van der Waals surface area contributed by atoms with Crippen molar-refractivity contribution in [3.63, 3.8) is 0 Å². The molecule has 4 rings (SSSR count). The average Bonchev–Trinajstić information content (AvgIpc) is 2.78. The predicted octanol–water partition coefficient (Wildman–Crippen LogP) is 8.78. The van der Waals surface area contributed by atoms with E-state index in [4.69, 9.17) is 0 Å². The van der Waals surface area contributed by atoms with Crippen molar-refractivity contribution in [2.24, 2.45) is 0 Å². The van der Waals surface area contributed by atoms with Gasteiger partial charge in [0, 0.05) is 22.0 Å². The van der Waals surface area contributed by atoms with E-state index in [-0.39, 0.29) is 5.12 Å². The van der Waals surface area contributed by atoms with Gasteiger partial charge in [0.05, 0.1) is 0 Å². The number of carbonyl (C=O) groups is 1. The van der Waals surface area contributed by atoms with Crippen molar-refractivity contribution in [2.45, 2.75) is 92.6 Å². The molecule has 0 unspecified atom stereocenters. The van der Waals surface area contributed by atoms with Crippen LogP contribution in [0.3, 0.4) is 0 Å². The third-order valence-corrected chi connectivity index (χ3v) is 7.25. The molecule has 0 atom stereocenters. The van der Waals surface area contributed by atoms with Crippen LogP contribution in [0.15, 0.2) is 70.5 Å². The lowest BCUT2D eigenvalue weighted by Gasteiger charge is -2.20. The van der Waals surface area contributed by atoms with Crippen molar-refractivity contribution in [1.82, 2.24) is 0 Å². The van der Waals surface area contributed by atoms with E-state index in [1.165, 1.54) is 87.3 Å². The Labute approximate surface area is 186 Å². The number of benzene rings is 2. The van der Waals surface area contributed by atoms with Gasteiger partial charge in [-0.15, -0.1) is 11.8 Å². The number of rotatable bonds is 3. The van der Waals surface area contributed by atoms with Gasteiger partial charge >= 0.3 is 0 Å². The summed E-state index contributed by atoms with van der Waals surface area (Å²) in [5, 5.41) is 1.02. The lowest BCUT2D eigenvalue weighted by molar-refractivity contribution is -0.109. The molecule has 0 aromatic heterocycles. The zero-order chi connectivity index (χ0) is 20.6. The highest BCUT2D eigenvalue weighted by molar-refractivity contribution is 8.13. The lowest BCUT2D eigenvalue weighted by Crippen LogP contribution is -2.07. The SMILES string of the molecule is C1CCCCC1.CC(=O)Sc1ccccc1.c1ccc(SC2CCCCC2)cc1. The average molecular weight is 429 g/mol. The van der Waals surface area contributed by atoms with E-state index in [1.807, 2.05) is 30.3 Å². The molecule has 2 aliphatic carbocycles. The van der Waals surface area contributed by atoms with Gasteiger partial charge in [-0.3, -0.25) is 4.79 Å². The lowest BCUT2D eigenvalue weighted by atomic mass is 10.0. The van der Waals surface area contributed by atoms with Crippen LogP contribution in [0.4, 0.5) is 0 Å². The topological polar surface area (TPSA) is 17.1 Å². The summed E-state index contributed by atoms with van der Waals surface area (Å²) in [6.07, 6.45) is 16.2. The van der Waals surface area contributed by atoms with Gasteiger partial charge < -0.3 is 0 Å². The van der Waals surface area contributed by atoms with Crippen LogP contribution in [0.5, 0.6) is 0 Å². The Morgan fingerprint density at radius 1 is 0.655 bits per heavy atom. The molecule has 0 saturated heterocycles. The van der Waals surface area contributed by atoms with Crippen molar-refractivity contribution in [3.05, 3.63) is 60.7 Å². The second-order valence-electron chi connectivity index (χ2n) is 7.72. The summed E-state index contributed by atoms with van der Waals surface area (Å²) in [7, 11) is 0. The van der Waals surface area contributed by atoms with Crippen LogP contribution >= 0.6 is 23.5 Å². The summed E-state index contributed by atoms with van der Waals surface area (Å²) in [6.45, 7) is 1.57. The molecule has 1 nitrogen and oxygen atoms in total. The Morgan fingerprint density at radius 2 is 1.07 bits per heavy atom. The molecule has 2 fully saturated rings. The standard InChI is InChI=1S/C12H16S.C8H8OS.C6H12/c1-3-7-11(8-4-1)13-12-9-5-2-6-10-12;1-7(9)10-8-5-3-2-4-6-8;1-2-4-6-5-3-1/h1,3-4,7-8,12H,2,5-6,9-10H2;2-6H,1H3;1-6H2. The normalized spacial score (nSPS) is 16.6. The smallest absolute Gasteiger partial charge is 0.190 e. The number of thioether (sulfide) groups is 2. The van der Waals surface area contributed by atoms with E-state index in [9.17, 15) is 4.79 Å². The number of carbonyl (C=O) groups excluding carboxylic acids is 1. The minimum absolute atomic E-state index is 0.131. The van der Waals surface area contributed by atoms with E-state index in [0.717, 1.165) is 10.1 Å². The summed E-state index contributed by atoms with van der Waals surface area (Å²) >= 11 is 3.32. The molecule has 0 N–H and O–H groups in total. The Hall–Kier alpha value is -1.19. The highest BCUT2D eigenvalue weighted by Crippen LogP contribution is 2.33. The molecule has 0 amide bonds. The summed E-state index contributed by atoms with van der Waals surface area (Å²) in [5.74, 6) is 0. The molecule has 2 aliphatic rings. The van der Waals surface area contributed by atoms with Crippen LogP contribution < -0.4 is 0 Å². The summed E-state index contributed by atoms with van der Waals surface area (Å²) < 4.78 is 0. The van der Waals surface area contributed by atoms with Crippen LogP contribution in [0, 0.1) is 0 Å². The first kappa shape index (κ1) is 24.1. The maximum atomic E-state index is 10.6. The molecule has 0 bridgehead atoms. The molecule has 2 aromatic rings. The van der Waals surface area contributed by atoms with Gasteiger partial charge in [-0.25, -0.2) is 0 Å². The minimum atomic E-state index is 0.131. The first-order valence-corrected chi connectivity index (χ1v) is 12.9. The Kier molecular flexibility index (Phi) is 13.0. The Morgan fingerprint density at radius 3 is 1.52 bits per heavy atom. The van der Waals surface area contributed by atoms with Gasteiger partial charge in [0.1, 0.15) is 0 Å². The molecule has 0 spiro atoms. The third kappa shape index (κ3) is 12.2. The minimum Gasteiger partial charge on any atom is -0.287 e. The van der Waals surface area contributed by atoms with Gasteiger partial charge in [0.25, 0.3) is 0 Å². The van der Waals surface area contributed by atoms with Gasteiger partial charge in [0.2, 0.25) is 0 Å². The van der Waals surface area contributed by atoms with Crippen molar-refractivity contribution in [3.8, 4) is 0 Å². The maximum Gasteiger partial charge on any atom is 0.190 e. The Balaban J connectivity index is 0.000000166. The molecule has 3 heteroatoms. The molecule has 2 aromatic carbocycles. The van der Waals surface area contributed by atoms with Crippen molar-refractivity contribution >= 4 is 28.6 Å². The molecule has 0 aliphatic heterocycles. The molecule has 29 heavy (non-hydrogen) atoms. The van der Waals surface area contributed by atoms with Crippen LogP contribution in [0.1, 0.15) is 77.6 Å². The van der Waals surface area contributed by atoms with Gasteiger partial charge in [0.15, 0.2) is 5.12 Å². The fourth-order valence-electron chi connectivity index (χ4n) is 3.59. The van der Waals surface area contributed by atoms with Gasteiger partial charge in [-0.2, -0.15) is 0 Å². The van der Waals surface area contributed by atoms with E-state index >= 15 is 0 Å². The fraction of sp³-hybridized carbons (Fsp3) is 0.500. The monoisotopic (exact) mass is 428 g/mol. The predicted molar refractivity (Wildman–Crippen MR) is 130 cm³/mol. The second-order valence-corrected chi connectivity index (χ2v) is 10.3. The zero-order valence-electron chi connectivity index (χ0n) is 17.9. The highest BCUT2D eigenvalue weighted by Gasteiger charge is 2.13. The molecular weight excluding hydrogens is 392 g/mol. The molecular formula is C26H36OS2. The molecule has 2 saturated carbocycles. The van der Waals surface area contributed by atoms with E-state index < -0.39 is 0 Å². The van der Waals surface area contributed by atoms with Gasteiger partial charge in [-0.1, -0.05) is 106 Å². The summed E-state index contributed by atoms with van der Waals surface area (Å²) in [6, 6.07) is 20.4. The molecule has 158 valence electrons. The fourth-order valence-corrected chi connectivity index (χ4v) is 5.48. The first-order valence-electron chi connectivity index (χ1n) is 11.2. The largest absolute Gasteiger partial charge is 0.287 e. The van der Waals surface area contributed by atoms with Crippen LogP contribution in [-0.4, -0.2) is 10.4 Å². The van der Waals surface area contributed by atoms with Crippen molar-refractivity contribution in [1.29, 1.82) is 0 Å². The zero-order valence-corrected chi connectivity index (χ0v) is 19.5. The quantitative estimate of drug-likeness (QED) is 0.455. The van der Waals surface area contributed by atoms with Gasteiger partial charge in [-0.05, 0) is 37.1 Å². The Bertz CT molecular complexity index is 635. The third-order valence-electron chi connectivity index (χ3n) is 5.10. The summed E-state index contributed by atoms with van der Waals surface area (Å²) in [4.78, 5) is 13.0. The number of hydrogen-bond donors (Lipinski definition) is 0. The van der Waals surface area contributed by atoms with E-state index in [1.54, 1.807) is 6.92 Å². The van der Waals surface area contributed by atoms with Crippen LogP contribution in [-0.2, 0) is 4.79 Å². The van der Waals surface area contributed by atoms with E-state index in [0.29, 0.717) is 0 Å². The maximum absolute atomic E-state index is 10.6. The highest BCUT2D eigenvalue weighted by atomic mass is 32.2. The number of hydrogen-bond acceptors (Lipinski definition) is 3.